The van der Waals surface area contributed by atoms with E-state index in [2.05, 4.69) is 33.0 Å². The standard InChI is InChI=1S/C11H12BrNOS2/c1-8-10(15-7-13-8)4-5-14-6-9-2-3-11(12)16-9/h2-3,7H,4-6H2,1H3. The zero-order chi connectivity index (χ0) is 11.4. The topological polar surface area (TPSA) is 22.1 Å². The van der Waals surface area contributed by atoms with E-state index in [9.17, 15) is 0 Å². The molecule has 2 aromatic rings. The number of aryl methyl sites for hydroxylation is 1. The molecular weight excluding hydrogens is 306 g/mol. The maximum atomic E-state index is 5.63. The van der Waals surface area contributed by atoms with Gasteiger partial charge in [-0.3, -0.25) is 0 Å². The average molecular weight is 318 g/mol. The first-order chi connectivity index (χ1) is 7.75. The van der Waals surface area contributed by atoms with Gasteiger partial charge >= 0.3 is 0 Å². The molecule has 86 valence electrons. The monoisotopic (exact) mass is 317 g/mol. The highest BCUT2D eigenvalue weighted by Crippen LogP contribution is 2.22. The highest BCUT2D eigenvalue weighted by Gasteiger charge is 2.02. The Bertz CT molecular complexity index is 452. The second-order valence-electron chi connectivity index (χ2n) is 3.37. The molecule has 0 aliphatic rings. The second-order valence-corrected chi connectivity index (χ2v) is 6.86. The van der Waals surface area contributed by atoms with E-state index < -0.39 is 0 Å². The Morgan fingerprint density at radius 3 is 2.94 bits per heavy atom. The summed E-state index contributed by atoms with van der Waals surface area (Å²) < 4.78 is 6.79. The maximum absolute atomic E-state index is 5.63. The molecule has 0 fully saturated rings. The van der Waals surface area contributed by atoms with Crippen LogP contribution in [0.5, 0.6) is 0 Å². The van der Waals surface area contributed by atoms with Crippen LogP contribution in [0.3, 0.4) is 0 Å². The number of thiazole rings is 1. The van der Waals surface area contributed by atoms with Crippen molar-refractivity contribution in [2.24, 2.45) is 0 Å². The Morgan fingerprint density at radius 2 is 2.31 bits per heavy atom. The number of hydrogen-bond donors (Lipinski definition) is 0. The molecule has 0 saturated carbocycles. The van der Waals surface area contributed by atoms with Crippen LogP contribution < -0.4 is 0 Å². The van der Waals surface area contributed by atoms with E-state index in [-0.39, 0.29) is 0 Å². The van der Waals surface area contributed by atoms with Crippen molar-refractivity contribution >= 4 is 38.6 Å². The van der Waals surface area contributed by atoms with Crippen LogP contribution in [0, 0.1) is 6.92 Å². The van der Waals surface area contributed by atoms with E-state index in [1.165, 1.54) is 9.75 Å². The van der Waals surface area contributed by atoms with Gasteiger partial charge in [0.25, 0.3) is 0 Å². The first-order valence-electron chi connectivity index (χ1n) is 4.96. The first kappa shape index (κ1) is 12.2. The van der Waals surface area contributed by atoms with Crippen molar-refractivity contribution < 1.29 is 4.74 Å². The van der Waals surface area contributed by atoms with Gasteiger partial charge < -0.3 is 4.74 Å². The summed E-state index contributed by atoms with van der Waals surface area (Å²) in [5, 5.41) is 0. The van der Waals surface area contributed by atoms with Crippen LogP contribution in [0.1, 0.15) is 15.4 Å². The fourth-order valence-corrected chi connectivity index (χ4v) is 3.52. The fourth-order valence-electron chi connectivity index (χ4n) is 1.33. The Morgan fingerprint density at radius 1 is 1.44 bits per heavy atom. The van der Waals surface area contributed by atoms with Crippen LogP contribution in [0.25, 0.3) is 0 Å². The molecule has 2 rings (SSSR count). The molecule has 0 bridgehead atoms. The largest absolute Gasteiger partial charge is 0.376 e. The van der Waals surface area contributed by atoms with Crippen LogP contribution >= 0.6 is 38.6 Å². The van der Waals surface area contributed by atoms with Crippen LogP contribution in [-0.4, -0.2) is 11.6 Å². The van der Waals surface area contributed by atoms with E-state index in [0.29, 0.717) is 6.61 Å². The lowest BCUT2D eigenvalue weighted by atomic mass is 10.3. The predicted molar refractivity (Wildman–Crippen MR) is 72.2 cm³/mol. The predicted octanol–water partition coefficient (Wildman–Crippen LogP) is 4.03. The van der Waals surface area contributed by atoms with E-state index in [0.717, 1.165) is 22.5 Å². The molecular formula is C11H12BrNOS2. The average Bonchev–Trinajstić information content (AvgIpc) is 2.83. The molecule has 2 aromatic heterocycles. The molecule has 2 nitrogen and oxygen atoms in total. The molecule has 0 amide bonds. The molecule has 0 unspecified atom stereocenters. The summed E-state index contributed by atoms with van der Waals surface area (Å²) in [7, 11) is 0. The summed E-state index contributed by atoms with van der Waals surface area (Å²) in [5.41, 5.74) is 3.02. The highest BCUT2D eigenvalue weighted by molar-refractivity contribution is 9.11. The van der Waals surface area contributed by atoms with Crippen LogP contribution in [0.2, 0.25) is 0 Å². The summed E-state index contributed by atoms with van der Waals surface area (Å²) in [4.78, 5) is 6.80. The number of halogens is 1. The zero-order valence-corrected chi connectivity index (χ0v) is 12.1. The lowest BCUT2D eigenvalue weighted by molar-refractivity contribution is 0.126. The fraction of sp³-hybridized carbons (Fsp3) is 0.364. The minimum Gasteiger partial charge on any atom is -0.376 e. The third-order valence-electron chi connectivity index (χ3n) is 2.19. The zero-order valence-electron chi connectivity index (χ0n) is 8.90. The molecule has 0 radical (unpaired) electrons. The summed E-state index contributed by atoms with van der Waals surface area (Å²) in [6, 6.07) is 4.14. The van der Waals surface area contributed by atoms with Gasteiger partial charge in [0.1, 0.15) is 0 Å². The van der Waals surface area contributed by atoms with Gasteiger partial charge in [0.05, 0.1) is 28.2 Å². The number of ether oxygens (including phenoxy) is 1. The highest BCUT2D eigenvalue weighted by atomic mass is 79.9. The van der Waals surface area contributed by atoms with Crippen molar-refractivity contribution in [3.05, 3.63) is 36.9 Å². The van der Waals surface area contributed by atoms with Crippen LogP contribution in [0.4, 0.5) is 0 Å². The van der Waals surface area contributed by atoms with Crippen molar-refractivity contribution in [1.29, 1.82) is 0 Å². The Hall–Kier alpha value is -0.230. The summed E-state index contributed by atoms with van der Waals surface area (Å²) >= 11 is 6.86. The minimum atomic E-state index is 0.702. The van der Waals surface area contributed by atoms with Crippen molar-refractivity contribution in [3.63, 3.8) is 0 Å². The first-order valence-corrected chi connectivity index (χ1v) is 7.45. The number of aromatic nitrogens is 1. The Balaban J connectivity index is 1.71. The van der Waals surface area contributed by atoms with Gasteiger partial charge in [-0.25, -0.2) is 4.98 Å². The van der Waals surface area contributed by atoms with Crippen LogP contribution in [0.15, 0.2) is 21.4 Å². The van der Waals surface area contributed by atoms with Gasteiger partial charge in [-0.05, 0) is 35.0 Å². The summed E-state index contributed by atoms with van der Waals surface area (Å²) in [6.07, 6.45) is 0.961. The smallest absolute Gasteiger partial charge is 0.0809 e. The molecule has 0 aliphatic heterocycles. The summed E-state index contributed by atoms with van der Waals surface area (Å²) in [5.74, 6) is 0. The second kappa shape index (κ2) is 5.91. The molecule has 0 N–H and O–H groups in total. The molecule has 5 heteroatoms. The third kappa shape index (κ3) is 3.38. The molecule has 0 atom stereocenters. The number of nitrogens with zero attached hydrogens (tertiary/aromatic N) is 1. The number of thiophene rings is 1. The number of hydrogen-bond acceptors (Lipinski definition) is 4. The van der Waals surface area contributed by atoms with E-state index in [1.54, 1.807) is 22.7 Å². The van der Waals surface area contributed by atoms with E-state index in [4.69, 9.17) is 4.74 Å². The van der Waals surface area contributed by atoms with Crippen molar-refractivity contribution in [2.45, 2.75) is 20.0 Å². The van der Waals surface area contributed by atoms with Gasteiger partial charge in [-0.2, -0.15) is 0 Å². The third-order valence-corrected chi connectivity index (χ3v) is 4.78. The van der Waals surface area contributed by atoms with E-state index in [1.807, 2.05) is 12.4 Å². The number of rotatable bonds is 5. The normalized spacial score (nSPS) is 10.9. The van der Waals surface area contributed by atoms with Gasteiger partial charge in [-0.1, -0.05) is 0 Å². The lowest BCUT2D eigenvalue weighted by Gasteiger charge is -2.01. The lowest BCUT2D eigenvalue weighted by Crippen LogP contribution is -1.97. The molecule has 0 saturated heterocycles. The van der Waals surface area contributed by atoms with Crippen molar-refractivity contribution in [3.8, 4) is 0 Å². The van der Waals surface area contributed by atoms with Gasteiger partial charge in [0, 0.05) is 16.2 Å². The van der Waals surface area contributed by atoms with Gasteiger partial charge in [0.2, 0.25) is 0 Å². The van der Waals surface area contributed by atoms with E-state index >= 15 is 0 Å². The minimum absolute atomic E-state index is 0.702. The van der Waals surface area contributed by atoms with Gasteiger partial charge in [-0.15, -0.1) is 22.7 Å². The Labute approximate surface area is 111 Å². The quantitative estimate of drug-likeness (QED) is 0.777. The molecule has 0 aromatic carbocycles. The van der Waals surface area contributed by atoms with Gasteiger partial charge in [0.15, 0.2) is 0 Å². The Kier molecular flexibility index (Phi) is 4.52. The molecule has 2 heterocycles. The SMILES string of the molecule is Cc1ncsc1CCOCc1ccc(Br)s1. The van der Waals surface area contributed by atoms with Crippen molar-refractivity contribution in [2.75, 3.05) is 6.61 Å². The maximum Gasteiger partial charge on any atom is 0.0809 e. The summed E-state index contributed by atoms with van der Waals surface area (Å²) in [6.45, 7) is 3.51. The molecule has 0 aliphatic carbocycles. The van der Waals surface area contributed by atoms with Crippen LogP contribution in [-0.2, 0) is 17.8 Å². The molecule has 0 spiro atoms. The van der Waals surface area contributed by atoms with Crippen molar-refractivity contribution in [1.82, 2.24) is 4.98 Å². The molecule has 16 heavy (non-hydrogen) atoms.